The van der Waals surface area contributed by atoms with E-state index in [4.69, 9.17) is 4.74 Å². The molecule has 1 aromatic carbocycles. The Morgan fingerprint density at radius 2 is 1.86 bits per heavy atom. The van der Waals surface area contributed by atoms with Crippen LogP contribution in [-0.2, 0) is 6.54 Å². The number of ether oxygens (including phenoxy) is 1. The number of hydrogen-bond donors (Lipinski definition) is 1. The van der Waals surface area contributed by atoms with E-state index < -0.39 is 0 Å². The summed E-state index contributed by atoms with van der Waals surface area (Å²) in [5.41, 5.74) is 2.57. The van der Waals surface area contributed by atoms with Crippen molar-refractivity contribution >= 4 is 5.69 Å². The topological polar surface area (TPSA) is 24.5 Å². The fraction of sp³-hybridized carbons (Fsp3) is 0.667. The summed E-state index contributed by atoms with van der Waals surface area (Å²) in [6.45, 7) is 10.5. The summed E-state index contributed by atoms with van der Waals surface area (Å²) in [5, 5.41) is 3.38. The Balaban J connectivity index is 2.20. The third-order valence-corrected chi connectivity index (χ3v) is 3.91. The van der Waals surface area contributed by atoms with E-state index in [2.05, 4.69) is 49.2 Å². The Morgan fingerprint density at radius 1 is 1.14 bits per heavy atom. The molecule has 0 atom stereocenters. The van der Waals surface area contributed by atoms with Gasteiger partial charge in [0.2, 0.25) is 0 Å². The highest BCUT2D eigenvalue weighted by molar-refractivity contribution is 5.60. The summed E-state index contributed by atoms with van der Waals surface area (Å²) < 4.78 is 6.09. The molecule has 0 aromatic heterocycles. The van der Waals surface area contributed by atoms with E-state index in [-0.39, 0.29) is 6.10 Å². The summed E-state index contributed by atoms with van der Waals surface area (Å²) in [7, 11) is 0. The molecule has 2 rings (SSSR count). The molecule has 0 radical (unpaired) electrons. The summed E-state index contributed by atoms with van der Waals surface area (Å²) in [6, 6.07) is 6.69. The summed E-state index contributed by atoms with van der Waals surface area (Å²) in [6.07, 6.45) is 5.51. The molecule has 0 amide bonds. The zero-order valence-corrected chi connectivity index (χ0v) is 13.8. The molecule has 21 heavy (non-hydrogen) atoms. The molecule has 3 nitrogen and oxygen atoms in total. The molecule has 1 aliphatic rings. The number of hydrogen-bond acceptors (Lipinski definition) is 3. The van der Waals surface area contributed by atoms with Crippen LogP contribution in [0.5, 0.6) is 5.75 Å². The Hall–Kier alpha value is -1.22. The van der Waals surface area contributed by atoms with Gasteiger partial charge >= 0.3 is 0 Å². The van der Waals surface area contributed by atoms with Crippen LogP contribution in [0.2, 0.25) is 0 Å². The first-order valence-corrected chi connectivity index (χ1v) is 8.46. The quantitative estimate of drug-likeness (QED) is 0.858. The molecule has 0 bridgehead atoms. The van der Waals surface area contributed by atoms with Crippen molar-refractivity contribution in [3.8, 4) is 5.75 Å². The molecule has 0 saturated carbocycles. The second-order valence-corrected chi connectivity index (χ2v) is 6.15. The molecule has 1 aliphatic heterocycles. The summed E-state index contributed by atoms with van der Waals surface area (Å²) in [5.74, 6) is 1.04. The van der Waals surface area contributed by atoms with E-state index in [1.165, 1.54) is 36.9 Å². The third kappa shape index (κ3) is 4.92. The lowest BCUT2D eigenvalue weighted by atomic mass is 10.1. The lowest BCUT2D eigenvalue weighted by Gasteiger charge is -2.26. The molecule has 1 aromatic rings. The van der Waals surface area contributed by atoms with Crippen molar-refractivity contribution in [3.63, 3.8) is 0 Å². The zero-order chi connectivity index (χ0) is 15.1. The molecule has 1 fully saturated rings. The van der Waals surface area contributed by atoms with E-state index in [1.54, 1.807) is 0 Å². The van der Waals surface area contributed by atoms with Gasteiger partial charge in [0, 0.05) is 19.6 Å². The van der Waals surface area contributed by atoms with Crippen LogP contribution < -0.4 is 15.0 Å². The fourth-order valence-electron chi connectivity index (χ4n) is 2.86. The van der Waals surface area contributed by atoms with Gasteiger partial charge in [-0.2, -0.15) is 0 Å². The molecule has 0 aliphatic carbocycles. The molecule has 1 N–H and O–H groups in total. The second kappa shape index (κ2) is 8.28. The van der Waals surface area contributed by atoms with Crippen LogP contribution in [0.25, 0.3) is 0 Å². The predicted molar refractivity (Wildman–Crippen MR) is 90.3 cm³/mol. The van der Waals surface area contributed by atoms with Gasteiger partial charge in [-0.1, -0.05) is 25.8 Å². The second-order valence-electron chi connectivity index (χ2n) is 6.15. The molecule has 0 spiro atoms. The maximum absolute atomic E-state index is 6.09. The van der Waals surface area contributed by atoms with Gasteiger partial charge in [0.1, 0.15) is 5.75 Å². The van der Waals surface area contributed by atoms with Gasteiger partial charge in [0.25, 0.3) is 0 Å². The van der Waals surface area contributed by atoms with Crippen LogP contribution in [0.4, 0.5) is 5.69 Å². The number of benzene rings is 1. The normalized spacial score (nSPS) is 16.1. The monoisotopic (exact) mass is 290 g/mol. The van der Waals surface area contributed by atoms with Crippen LogP contribution in [0.15, 0.2) is 18.2 Å². The first kappa shape index (κ1) is 16.2. The van der Waals surface area contributed by atoms with Gasteiger partial charge in [-0.05, 0) is 50.9 Å². The zero-order valence-electron chi connectivity index (χ0n) is 13.8. The van der Waals surface area contributed by atoms with Crippen molar-refractivity contribution in [1.29, 1.82) is 0 Å². The SMILES string of the molecule is CCNCc1ccc(N2CCCCCC2)c(OC(C)C)c1. The summed E-state index contributed by atoms with van der Waals surface area (Å²) in [4.78, 5) is 2.50. The molecule has 1 saturated heterocycles. The average molecular weight is 290 g/mol. The number of nitrogens with zero attached hydrogens (tertiary/aromatic N) is 1. The molecule has 0 unspecified atom stereocenters. The average Bonchev–Trinajstić information content (AvgIpc) is 2.73. The highest BCUT2D eigenvalue weighted by Crippen LogP contribution is 2.32. The maximum Gasteiger partial charge on any atom is 0.143 e. The van der Waals surface area contributed by atoms with Crippen molar-refractivity contribution in [1.82, 2.24) is 5.32 Å². The van der Waals surface area contributed by atoms with Gasteiger partial charge in [-0.25, -0.2) is 0 Å². The van der Waals surface area contributed by atoms with E-state index >= 15 is 0 Å². The lowest BCUT2D eigenvalue weighted by Crippen LogP contribution is -2.25. The Kier molecular flexibility index (Phi) is 6.37. The summed E-state index contributed by atoms with van der Waals surface area (Å²) >= 11 is 0. The molecular weight excluding hydrogens is 260 g/mol. The minimum Gasteiger partial charge on any atom is -0.489 e. The Labute approximate surface area is 129 Å². The van der Waals surface area contributed by atoms with Crippen molar-refractivity contribution in [3.05, 3.63) is 23.8 Å². The van der Waals surface area contributed by atoms with Crippen molar-refractivity contribution in [2.24, 2.45) is 0 Å². The Morgan fingerprint density at radius 3 is 2.48 bits per heavy atom. The minimum atomic E-state index is 0.213. The van der Waals surface area contributed by atoms with Crippen LogP contribution in [0, 0.1) is 0 Å². The van der Waals surface area contributed by atoms with Crippen LogP contribution in [0.1, 0.15) is 52.0 Å². The first-order valence-electron chi connectivity index (χ1n) is 8.46. The van der Waals surface area contributed by atoms with Crippen LogP contribution in [-0.4, -0.2) is 25.7 Å². The van der Waals surface area contributed by atoms with E-state index in [0.29, 0.717) is 0 Å². The first-order chi connectivity index (χ1) is 10.2. The van der Waals surface area contributed by atoms with Crippen LogP contribution >= 0.6 is 0 Å². The van der Waals surface area contributed by atoms with Gasteiger partial charge in [-0.3, -0.25) is 0 Å². The van der Waals surface area contributed by atoms with Gasteiger partial charge < -0.3 is 15.0 Å². The molecular formula is C18H30N2O. The van der Waals surface area contributed by atoms with E-state index in [1.807, 2.05) is 0 Å². The van der Waals surface area contributed by atoms with Crippen molar-refractivity contribution in [2.45, 2.75) is 59.1 Å². The highest BCUT2D eigenvalue weighted by atomic mass is 16.5. The van der Waals surface area contributed by atoms with E-state index in [9.17, 15) is 0 Å². The van der Waals surface area contributed by atoms with Gasteiger partial charge in [0.05, 0.1) is 11.8 Å². The minimum absolute atomic E-state index is 0.213. The molecule has 1 heterocycles. The van der Waals surface area contributed by atoms with Gasteiger partial charge in [-0.15, -0.1) is 0 Å². The molecule has 3 heteroatoms. The fourth-order valence-corrected chi connectivity index (χ4v) is 2.86. The highest BCUT2D eigenvalue weighted by Gasteiger charge is 2.15. The van der Waals surface area contributed by atoms with Gasteiger partial charge in [0.15, 0.2) is 0 Å². The Bertz CT molecular complexity index is 423. The largest absolute Gasteiger partial charge is 0.489 e. The standard InChI is InChI=1S/C18H30N2O/c1-4-19-14-16-9-10-17(18(13-16)21-15(2)3)20-11-7-5-6-8-12-20/h9-10,13,15,19H,4-8,11-12,14H2,1-3H3. The third-order valence-electron chi connectivity index (χ3n) is 3.91. The van der Waals surface area contributed by atoms with Crippen LogP contribution in [0.3, 0.4) is 0 Å². The number of anilines is 1. The van der Waals surface area contributed by atoms with E-state index in [0.717, 1.165) is 31.9 Å². The maximum atomic E-state index is 6.09. The predicted octanol–water partition coefficient (Wildman–Crippen LogP) is 3.96. The van der Waals surface area contributed by atoms with Crippen molar-refractivity contribution in [2.75, 3.05) is 24.5 Å². The molecule has 118 valence electrons. The smallest absolute Gasteiger partial charge is 0.143 e. The van der Waals surface area contributed by atoms with Crippen molar-refractivity contribution < 1.29 is 4.74 Å². The number of nitrogens with one attached hydrogen (secondary N) is 1. The lowest BCUT2D eigenvalue weighted by molar-refractivity contribution is 0.242. The number of rotatable bonds is 6.